The Labute approximate surface area is 105 Å². The lowest BCUT2D eigenvalue weighted by Gasteiger charge is -2.01. The van der Waals surface area contributed by atoms with Crippen LogP contribution < -0.4 is 0 Å². The third-order valence-corrected chi connectivity index (χ3v) is 2.72. The van der Waals surface area contributed by atoms with Gasteiger partial charge in [-0.15, -0.1) is 0 Å². The van der Waals surface area contributed by atoms with Crippen molar-refractivity contribution in [3.05, 3.63) is 66.4 Å². The number of hydrogen-bond donors (Lipinski definition) is 1. The highest BCUT2D eigenvalue weighted by Crippen LogP contribution is 2.15. The molecule has 0 aliphatic rings. The van der Waals surface area contributed by atoms with E-state index in [1.165, 1.54) is 0 Å². The molecule has 0 saturated heterocycles. The van der Waals surface area contributed by atoms with Gasteiger partial charge in [0.15, 0.2) is 0 Å². The summed E-state index contributed by atoms with van der Waals surface area (Å²) >= 11 is 0. The molecule has 0 saturated carbocycles. The van der Waals surface area contributed by atoms with Crippen molar-refractivity contribution in [3.8, 4) is 11.3 Å². The van der Waals surface area contributed by atoms with Crippen LogP contribution in [0.15, 0.2) is 55.0 Å². The summed E-state index contributed by atoms with van der Waals surface area (Å²) in [5.41, 5.74) is 3.94. The molecule has 1 N–H and O–H groups in total. The Kier molecular flexibility index (Phi) is 2.84. The number of benzene rings is 1. The molecule has 2 aromatic heterocycles. The third-order valence-electron chi connectivity index (χ3n) is 2.72. The fraction of sp³-hybridized carbons (Fsp3) is 0.0714. The van der Waals surface area contributed by atoms with E-state index in [4.69, 9.17) is 0 Å². The average Bonchev–Trinajstić information content (AvgIpc) is 2.94. The van der Waals surface area contributed by atoms with Gasteiger partial charge in [0.1, 0.15) is 0 Å². The predicted molar refractivity (Wildman–Crippen MR) is 68.9 cm³/mol. The summed E-state index contributed by atoms with van der Waals surface area (Å²) in [5, 5.41) is 8.48. The first-order valence-electron chi connectivity index (χ1n) is 5.77. The highest BCUT2D eigenvalue weighted by Gasteiger charge is 2.02. The van der Waals surface area contributed by atoms with Gasteiger partial charge >= 0.3 is 0 Å². The zero-order valence-corrected chi connectivity index (χ0v) is 9.74. The highest BCUT2D eigenvalue weighted by atomic mass is 15.1. The van der Waals surface area contributed by atoms with Crippen LogP contribution in [0.1, 0.15) is 11.4 Å². The highest BCUT2D eigenvalue weighted by molar-refractivity contribution is 5.57. The van der Waals surface area contributed by atoms with Gasteiger partial charge < -0.3 is 4.98 Å². The predicted octanol–water partition coefficient (Wildman–Crippen LogP) is 2.46. The zero-order chi connectivity index (χ0) is 12.2. The zero-order valence-electron chi connectivity index (χ0n) is 9.74. The molecule has 0 atom stereocenters. The van der Waals surface area contributed by atoms with E-state index in [2.05, 4.69) is 20.2 Å². The summed E-state index contributed by atoms with van der Waals surface area (Å²) in [6.45, 7) is 0. The third kappa shape index (κ3) is 2.27. The second-order valence-electron chi connectivity index (χ2n) is 4.03. The minimum absolute atomic E-state index is 0.724. The van der Waals surface area contributed by atoms with E-state index in [0.29, 0.717) is 0 Å². The van der Waals surface area contributed by atoms with Crippen LogP contribution in [-0.2, 0) is 6.42 Å². The Bertz CT molecular complexity index is 600. The van der Waals surface area contributed by atoms with Crippen LogP contribution in [-0.4, -0.2) is 20.2 Å². The molecule has 0 fully saturated rings. The lowest BCUT2D eigenvalue weighted by molar-refractivity contribution is 0.928. The number of rotatable bonds is 3. The summed E-state index contributed by atoms with van der Waals surface area (Å²) in [5.74, 6) is 0. The smallest absolute Gasteiger partial charge is 0.0929 e. The molecule has 0 radical (unpaired) electrons. The topological polar surface area (TPSA) is 54.5 Å². The summed E-state index contributed by atoms with van der Waals surface area (Å²) in [4.78, 5) is 7.03. The molecule has 0 amide bonds. The van der Waals surface area contributed by atoms with Crippen molar-refractivity contribution in [2.75, 3.05) is 0 Å². The van der Waals surface area contributed by atoms with Gasteiger partial charge in [0.25, 0.3) is 0 Å². The number of imidazole rings is 1. The monoisotopic (exact) mass is 236 g/mol. The van der Waals surface area contributed by atoms with Crippen molar-refractivity contribution in [2.45, 2.75) is 6.42 Å². The normalized spacial score (nSPS) is 10.4. The lowest BCUT2D eigenvalue weighted by atomic mass is 10.1. The molecule has 88 valence electrons. The van der Waals surface area contributed by atoms with Crippen molar-refractivity contribution in [1.82, 2.24) is 20.2 Å². The van der Waals surface area contributed by atoms with E-state index in [1.54, 1.807) is 12.5 Å². The maximum atomic E-state index is 4.25. The quantitative estimate of drug-likeness (QED) is 0.760. The van der Waals surface area contributed by atoms with E-state index in [1.807, 2.05) is 42.5 Å². The number of hydrogen-bond acceptors (Lipinski definition) is 3. The molecule has 18 heavy (non-hydrogen) atoms. The van der Waals surface area contributed by atoms with E-state index in [-0.39, 0.29) is 0 Å². The van der Waals surface area contributed by atoms with Crippen molar-refractivity contribution in [1.29, 1.82) is 0 Å². The molecular weight excluding hydrogens is 224 g/mol. The first-order chi connectivity index (χ1) is 8.92. The summed E-state index contributed by atoms with van der Waals surface area (Å²) < 4.78 is 0. The van der Waals surface area contributed by atoms with Gasteiger partial charge in [-0.2, -0.15) is 10.2 Å². The second kappa shape index (κ2) is 4.79. The Balaban J connectivity index is 1.81. The molecule has 0 bridgehead atoms. The number of aromatic nitrogens is 4. The summed E-state index contributed by atoms with van der Waals surface area (Å²) in [6.07, 6.45) is 4.19. The SMILES string of the molecule is c1ccc(-c2ccc(Cc3cnc[nH]3)nn2)cc1. The van der Waals surface area contributed by atoms with Gasteiger partial charge in [-0.25, -0.2) is 4.98 Å². The molecule has 3 aromatic rings. The van der Waals surface area contributed by atoms with Crippen LogP contribution in [0.25, 0.3) is 11.3 Å². The molecule has 0 unspecified atom stereocenters. The van der Waals surface area contributed by atoms with E-state index >= 15 is 0 Å². The molecule has 0 aliphatic heterocycles. The standard InChI is InChI=1S/C14H12N4/c1-2-4-11(5-3-1)14-7-6-12(17-18-14)8-13-9-15-10-16-13/h1-7,9-10H,8H2,(H,15,16). The maximum Gasteiger partial charge on any atom is 0.0929 e. The van der Waals surface area contributed by atoms with Crippen LogP contribution in [0.4, 0.5) is 0 Å². The first kappa shape index (κ1) is 10.7. The minimum Gasteiger partial charge on any atom is -0.348 e. The van der Waals surface area contributed by atoms with Crippen molar-refractivity contribution < 1.29 is 0 Å². The van der Waals surface area contributed by atoms with E-state index in [9.17, 15) is 0 Å². The fourth-order valence-electron chi connectivity index (χ4n) is 1.79. The second-order valence-corrected chi connectivity index (χ2v) is 4.03. The summed E-state index contributed by atoms with van der Waals surface area (Å²) in [6, 6.07) is 14.0. The minimum atomic E-state index is 0.724. The molecule has 4 nitrogen and oxygen atoms in total. The van der Waals surface area contributed by atoms with Gasteiger partial charge in [0, 0.05) is 23.9 Å². The average molecular weight is 236 g/mol. The Morgan fingerprint density at radius 2 is 1.83 bits per heavy atom. The molecule has 1 aromatic carbocycles. The van der Waals surface area contributed by atoms with E-state index < -0.39 is 0 Å². The fourth-order valence-corrected chi connectivity index (χ4v) is 1.79. The molecule has 4 heteroatoms. The van der Waals surface area contributed by atoms with Crippen LogP contribution >= 0.6 is 0 Å². The molecule has 0 spiro atoms. The number of H-pyrrole nitrogens is 1. The molecule has 2 heterocycles. The Morgan fingerprint density at radius 3 is 2.50 bits per heavy atom. The Hall–Kier alpha value is -2.49. The molecular formula is C14H12N4. The molecule has 0 aliphatic carbocycles. The van der Waals surface area contributed by atoms with Gasteiger partial charge in [0.05, 0.1) is 17.7 Å². The number of aromatic amines is 1. The lowest BCUT2D eigenvalue weighted by Crippen LogP contribution is -1.96. The van der Waals surface area contributed by atoms with E-state index in [0.717, 1.165) is 29.1 Å². The van der Waals surface area contributed by atoms with Gasteiger partial charge in [-0.05, 0) is 12.1 Å². The van der Waals surface area contributed by atoms with Gasteiger partial charge in [-0.3, -0.25) is 0 Å². The van der Waals surface area contributed by atoms with Crippen LogP contribution in [0.3, 0.4) is 0 Å². The van der Waals surface area contributed by atoms with Crippen molar-refractivity contribution >= 4 is 0 Å². The Morgan fingerprint density at radius 1 is 0.944 bits per heavy atom. The number of nitrogens with zero attached hydrogens (tertiary/aromatic N) is 3. The first-order valence-corrected chi connectivity index (χ1v) is 5.77. The largest absolute Gasteiger partial charge is 0.348 e. The van der Waals surface area contributed by atoms with Crippen LogP contribution in [0.5, 0.6) is 0 Å². The maximum absolute atomic E-state index is 4.25. The van der Waals surface area contributed by atoms with Gasteiger partial charge in [-0.1, -0.05) is 30.3 Å². The molecule has 3 rings (SSSR count). The summed E-state index contributed by atoms with van der Waals surface area (Å²) in [7, 11) is 0. The van der Waals surface area contributed by atoms with Crippen LogP contribution in [0, 0.1) is 0 Å². The van der Waals surface area contributed by atoms with Crippen LogP contribution in [0.2, 0.25) is 0 Å². The van der Waals surface area contributed by atoms with Crippen molar-refractivity contribution in [3.63, 3.8) is 0 Å². The number of nitrogens with one attached hydrogen (secondary N) is 1. The van der Waals surface area contributed by atoms with Crippen molar-refractivity contribution in [2.24, 2.45) is 0 Å². The van der Waals surface area contributed by atoms with Gasteiger partial charge in [0.2, 0.25) is 0 Å².